The Labute approximate surface area is 118 Å². The van der Waals surface area contributed by atoms with Crippen molar-refractivity contribution in [1.82, 2.24) is 10.2 Å². The Bertz CT molecular complexity index is 475. The lowest BCUT2D eigenvalue weighted by atomic mass is 9.92. The van der Waals surface area contributed by atoms with Gasteiger partial charge in [-0.3, -0.25) is 4.90 Å². The van der Waals surface area contributed by atoms with E-state index in [0.29, 0.717) is 0 Å². The van der Waals surface area contributed by atoms with Crippen molar-refractivity contribution in [2.24, 2.45) is 5.92 Å². The molecule has 3 rings (SSSR count). The second kappa shape index (κ2) is 5.04. The quantitative estimate of drug-likeness (QED) is 0.917. The van der Waals surface area contributed by atoms with Crippen LogP contribution in [0.1, 0.15) is 25.3 Å². The molecule has 0 radical (unpaired) electrons. The lowest BCUT2D eigenvalue weighted by Gasteiger charge is -2.42. The van der Waals surface area contributed by atoms with E-state index >= 15 is 0 Å². The van der Waals surface area contributed by atoms with Crippen LogP contribution in [0.2, 0.25) is 5.02 Å². The van der Waals surface area contributed by atoms with Crippen LogP contribution >= 0.6 is 11.6 Å². The van der Waals surface area contributed by atoms with Gasteiger partial charge in [0.05, 0.1) is 5.02 Å². The van der Waals surface area contributed by atoms with E-state index in [4.69, 9.17) is 11.6 Å². The summed E-state index contributed by atoms with van der Waals surface area (Å²) in [6.07, 6.45) is 2.69. The van der Waals surface area contributed by atoms with E-state index in [1.165, 1.54) is 18.9 Å². The van der Waals surface area contributed by atoms with Crippen LogP contribution in [0.15, 0.2) is 18.2 Å². The standard InChI is InChI=1S/C15H20ClFN2/c1-15(12-3-4-12)10-19(7-6-18-15)9-11-2-5-14(17)13(16)8-11/h2,5,8,12,18H,3-4,6-7,9-10H2,1H3. The monoisotopic (exact) mass is 282 g/mol. The van der Waals surface area contributed by atoms with Crippen LogP contribution in [0.5, 0.6) is 0 Å². The van der Waals surface area contributed by atoms with Gasteiger partial charge in [-0.05, 0) is 43.4 Å². The first-order valence-electron chi connectivity index (χ1n) is 6.98. The fourth-order valence-electron chi connectivity index (χ4n) is 3.12. The first kappa shape index (κ1) is 13.3. The molecule has 2 nitrogen and oxygen atoms in total. The summed E-state index contributed by atoms with van der Waals surface area (Å²) in [5, 5.41) is 3.89. The molecular formula is C15H20ClFN2. The Morgan fingerprint density at radius 1 is 1.47 bits per heavy atom. The maximum absolute atomic E-state index is 13.2. The van der Waals surface area contributed by atoms with Gasteiger partial charge in [0.25, 0.3) is 0 Å². The van der Waals surface area contributed by atoms with Crippen molar-refractivity contribution in [3.8, 4) is 0 Å². The third kappa shape index (κ3) is 2.93. The molecule has 0 bridgehead atoms. The minimum Gasteiger partial charge on any atom is -0.309 e. The Morgan fingerprint density at radius 2 is 2.26 bits per heavy atom. The summed E-state index contributed by atoms with van der Waals surface area (Å²) in [5.74, 6) is 0.487. The molecular weight excluding hydrogens is 263 g/mol. The molecule has 0 spiro atoms. The Kier molecular flexibility index (Phi) is 3.54. The summed E-state index contributed by atoms with van der Waals surface area (Å²) in [6, 6.07) is 5.03. The largest absolute Gasteiger partial charge is 0.309 e. The molecule has 1 unspecified atom stereocenters. The molecule has 1 saturated carbocycles. The molecule has 1 aliphatic heterocycles. The van der Waals surface area contributed by atoms with Crippen LogP contribution in [0.25, 0.3) is 0 Å². The highest BCUT2D eigenvalue weighted by Gasteiger charge is 2.43. The molecule has 19 heavy (non-hydrogen) atoms. The number of hydrogen-bond donors (Lipinski definition) is 1. The predicted octanol–water partition coefficient (Wildman–Crippen LogP) is 3.05. The van der Waals surface area contributed by atoms with Crippen molar-refractivity contribution in [1.29, 1.82) is 0 Å². The van der Waals surface area contributed by atoms with Gasteiger partial charge in [-0.2, -0.15) is 0 Å². The van der Waals surface area contributed by atoms with Gasteiger partial charge in [-0.1, -0.05) is 17.7 Å². The summed E-state index contributed by atoms with van der Waals surface area (Å²) in [5.41, 5.74) is 1.34. The normalized spacial score (nSPS) is 28.6. The van der Waals surface area contributed by atoms with Crippen molar-refractivity contribution < 1.29 is 4.39 Å². The van der Waals surface area contributed by atoms with Crippen LogP contribution in [0, 0.1) is 11.7 Å². The maximum Gasteiger partial charge on any atom is 0.141 e. The van der Waals surface area contributed by atoms with Crippen molar-refractivity contribution in [3.05, 3.63) is 34.6 Å². The van der Waals surface area contributed by atoms with Crippen LogP contribution in [0.4, 0.5) is 4.39 Å². The number of benzene rings is 1. The molecule has 2 fully saturated rings. The third-order valence-corrected chi connectivity index (χ3v) is 4.67. The summed E-state index contributed by atoms with van der Waals surface area (Å²) >= 11 is 5.84. The summed E-state index contributed by atoms with van der Waals surface area (Å²) in [7, 11) is 0. The van der Waals surface area contributed by atoms with E-state index in [-0.39, 0.29) is 16.4 Å². The highest BCUT2D eigenvalue weighted by molar-refractivity contribution is 6.30. The summed E-state index contributed by atoms with van der Waals surface area (Å²) < 4.78 is 13.2. The fourth-order valence-corrected chi connectivity index (χ4v) is 3.33. The van der Waals surface area contributed by atoms with Crippen molar-refractivity contribution in [2.45, 2.75) is 31.8 Å². The van der Waals surface area contributed by atoms with Gasteiger partial charge < -0.3 is 5.32 Å². The average Bonchev–Trinajstić information content (AvgIpc) is 3.18. The molecule has 1 aliphatic carbocycles. The molecule has 2 aliphatic rings. The number of rotatable bonds is 3. The molecule has 4 heteroatoms. The van der Waals surface area contributed by atoms with E-state index < -0.39 is 0 Å². The second-order valence-corrected chi connectivity index (χ2v) is 6.48. The van der Waals surface area contributed by atoms with Crippen molar-refractivity contribution >= 4 is 11.6 Å². The number of piperazine rings is 1. The smallest absolute Gasteiger partial charge is 0.141 e. The van der Waals surface area contributed by atoms with Gasteiger partial charge in [-0.25, -0.2) is 4.39 Å². The molecule has 1 atom stereocenters. The van der Waals surface area contributed by atoms with Crippen molar-refractivity contribution in [3.63, 3.8) is 0 Å². The molecule has 1 aromatic carbocycles. The van der Waals surface area contributed by atoms with Crippen LogP contribution in [-0.2, 0) is 6.54 Å². The summed E-state index contributed by atoms with van der Waals surface area (Å²) in [6.45, 7) is 6.31. The Balaban J connectivity index is 1.67. The predicted molar refractivity (Wildman–Crippen MR) is 75.8 cm³/mol. The van der Waals surface area contributed by atoms with E-state index in [2.05, 4.69) is 17.1 Å². The van der Waals surface area contributed by atoms with Gasteiger partial charge in [0.2, 0.25) is 0 Å². The van der Waals surface area contributed by atoms with Crippen LogP contribution in [0.3, 0.4) is 0 Å². The zero-order chi connectivity index (χ0) is 13.5. The van der Waals surface area contributed by atoms with E-state index in [1.807, 2.05) is 6.07 Å². The SMILES string of the molecule is CC1(C2CC2)CN(Cc2ccc(F)c(Cl)c2)CCN1. The Morgan fingerprint density at radius 3 is 2.95 bits per heavy atom. The lowest BCUT2D eigenvalue weighted by Crippen LogP contribution is -2.59. The number of hydrogen-bond acceptors (Lipinski definition) is 2. The minimum atomic E-state index is -0.339. The van der Waals surface area contributed by atoms with Gasteiger partial charge in [0, 0.05) is 31.7 Å². The van der Waals surface area contributed by atoms with Crippen molar-refractivity contribution in [2.75, 3.05) is 19.6 Å². The first-order chi connectivity index (χ1) is 9.07. The molecule has 1 heterocycles. The first-order valence-corrected chi connectivity index (χ1v) is 7.36. The van der Waals surface area contributed by atoms with Gasteiger partial charge in [-0.15, -0.1) is 0 Å². The van der Waals surface area contributed by atoms with E-state index in [1.54, 1.807) is 6.07 Å². The zero-order valence-electron chi connectivity index (χ0n) is 11.3. The fraction of sp³-hybridized carbons (Fsp3) is 0.600. The highest BCUT2D eigenvalue weighted by atomic mass is 35.5. The third-order valence-electron chi connectivity index (χ3n) is 4.38. The van der Waals surface area contributed by atoms with Gasteiger partial charge >= 0.3 is 0 Å². The molecule has 1 N–H and O–H groups in total. The molecule has 0 amide bonds. The molecule has 1 aromatic rings. The topological polar surface area (TPSA) is 15.3 Å². The highest BCUT2D eigenvalue weighted by Crippen LogP contribution is 2.40. The van der Waals surface area contributed by atoms with E-state index in [0.717, 1.165) is 37.7 Å². The zero-order valence-corrected chi connectivity index (χ0v) is 12.0. The van der Waals surface area contributed by atoms with Gasteiger partial charge in [0.15, 0.2) is 0 Å². The van der Waals surface area contributed by atoms with Crippen LogP contribution in [-0.4, -0.2) is 30.1 Å². The maximum atomic E-state index is 13.2. The molecule has 104 valence electrons. The second-order valence-electron chi connectivity index (χ2n) is 6.08. The number of halogens is 2. The number of nitrogens with zero attached hydrogens (tertiary/aromatic N) is 1. The molecule has 0 aromatic heterocycles. The number of nitrogens with one attached hydrogen (secondary N) is 1. The van der Waals surface area contributed by atoms with E-state index in [9.17, 15) is 4.39 Å². The summed E-state index contributed by atoms with van der Waals surface area (Å²) in [4.78, 5) is 2.44. The minimum absolute atomic E-state index is 0.220. The Hall–Kier alpha value is -0.640. The van der Waals surface area contributed by atoms with Crippen LogP contribution < -0.4 is 5.32 Å². The lowest BCUT2D eigenvalue weighted by molar-refractivity contribution is 0.121. The average molecular weight is 283 g/mol. The van der Waals surface area contributed by atoms with Gasteiger partial charge in [0.1, 0.15) is 5.82 Å². The molecule has 1 saturated heterocycles.